The molecule has 2 unspecified atom stereocenters. The van der Waals surface area contributed by atoms with Crippen LogP contribution >= 0.6 is 0 Å². The minimum absolute atomic E-state index is 0.121. The third kappa shape index (κ3) is 4.05. The predicted octanol–water partition coefficient (Wildman–Crippen LogP) is 4.29. The molecule has 0 aliphatic heterocycles. The van der Waals surface area contributed by atoms with Gasteiger partial charge in [-0.05, 0) is 55.9 Å². The Morgan fingerprint density at radius 3 is 2.52 bits per heavy atom. The lowest BCUT2D eigenvalue weighted by Gasteiger charge is -2.34. The number of ketones is 1. The van der Waals surface area contributed by atoms with Crippen LogP contribution in [0.3, 0.4) is 0 Å². The van der Waals surface area contributed by atoms with Crippen LogP contribution in [0.4, 0.5) is 10.1 Å². The molecule has 21 heavy (non-hydrogen) atoms. The van der Waals surface area contributed by atoms with E-state index in [1.54, 1.807) is 12.1 Å². The fourth-order valence-corrected chi connectivity index (χ4v) is 3.26. The van der Waals surface area contributed by atoms with Crippen molar-refractivity contribution in [2.24, 2.45) is 17.8 Å². The van der Waals surface area contributed by atoms with E-state index in [0.29, 0.717) is 24.0 Å². The molecule has 1 aliphatic rings. The Balaban J connectivity index is 2.06. The molecule has 0 spiro atoms. The zero-order valence-electron chi connectivity index (χ0n) is 13.3. The summed E-state index contributed by atoms with van der Waals surface area (Å²) >= 11 is 0. The Kier molecular flexibility index (Phi) is 5.38. The van der Waals surface area contributed by atoms with Gasteiger partial charge in [-0.15, -0.1) is 0 Å². The van der Waals surface area contributed by atoms with Crippen LogP contribution in [0.1, 0.15) is 40.0 Å². The van der Waals surface area contributed by atoms with E-state index in [0.717, 1.165) is 31.6 Å². The number of hydrogen-bond donors (Lipinski definition) is 0. The number of nitrogens with zero attached hydrogens (tertiary/aromatic N) is 1. The molecule has 2 rings (SSSR count). The molecule has 0 N–H and O–H groups in total. The third-order valence-electron chi connectivity index (χ3n) is 4.76. The van der Waals surface area contributed by atoms with Crippen molar-refractivity contribution in [2.45, 2.75) is 40.0 Å². The van der Waals surface area contributed by atoms with E-state index < -0.39 is 0 Å². The van der Waals surface area contributed by atoms with E-state index in [2.05, 4.69) is 25.7 Å². The summed E-state index contributed by atoms with van der Waals surface area (Å²) in [6.07, 6.45) is 2.75. The highest BCUT2D eigenvalue weighted by molar-refractivity contribution is 5.82. The van der Waals surface area contributed by atoms with E-state index in [1.165, 1.54) is 12.1 Å². The fraction of sp³-hybridized carbons (Fsp3) is 0.611. The first-order valence-electron chi connectivity index (χ1n) is 8.04. The molecular weight excluding hydrogens is 265 g/mol. The summed E-state index contributed by atoms with van der Waals surface area (Å²) in [5.41, 5.74) is 0.998. The van der Waals surface area contributed by atoms with Crippen molar-refractivity contribution in [1.29, 1.82) is 0 Å². The molecule has 1 aromatic rings. The average Bonchev–Trinajstić information content (AvgIpc) is 2.47. The van der Waals surface area contributed by atoms with Crippen molar-refractivity contribution in [2.75, 3.05) is 18.0 Å². The van der Waals surface area contributed by atoms with Crippen molar-refractivity contribution in [3.8, 4) is 0 Å². The number of anilines is 1. The smallest absolute Gasteiger partial charge is 0.137 e. The Labute approximate surface area is 127 Å². The van der Waals surface area contributed by atoms with Crippen molar-refractivity contribution >= 4 is 11.5 Å². The molecule has 2 atom stereocenters. The number of Topliss-reactive ketones (excluding diaryl/α,β-unsaturated/α-hetero) is 1. The fourth-order valence-electron chi connectivity index (χ4n) is 3.26. The van der Waals surface area contributed by atoms with Gasteiger partial charge in [0.1, 0.15) is 11.6 Å². The zero-order chi connectivity index (χ0) is 15.4. The summed E-state index contributed by atoms with van der Waals surface area (Å²) in [5, 5.41) is 0. The maximum Gasteiger partial charge on any atom is 0.137 e. The van der Waals surface area contributed by atoms with Gasteiger partial charge in [0.05, 0.1) is 0 Å². The predicted molar refractivity (Wildman–Crippen MR) is 85.0 cm³/mol. The summed E-state index contributed by atoms with van der Waals surface area (Å²) in [6.45, 7) is 8.16. The third-order valence-corrected chi connectivity index (χ3v) is 4.76. The summed E-state index contributed by atoms with van der Waals surface area (Å²) in [6, 6.07) is 6.56. The zero-order valence-corrected chi connectivity index (χ0v) is 13.3. The maximum absolute atomic E-state index is 13.0. The van der Waals surface area contributed by atoms with Gasteiger partial charge >= 0.3 is 0 Å². The normalized spacial score (nSPS) is 22.6. The van der Waals surface area contributed by atoms with Crippen molar-refractivity contribution in [1.82, 2.24) is 0 Å². The van der Waals surface area contributed by atoms with Crippen molar-refractivity contribution in [3.05, 3.63) is 30.1 Å². The molecule has 1 saturated carbocycles. The molecule has 0 heterocycles. The summed E-state index contributed by atoms with van der Waals surface area (Å²) in [7, 11) is 0. The topological polar surface area (TPSA) is 20.3 Å². The number of carbonyl (C=O) groups is 1. The minimum Gasteiger partial charge on any atom is -0.371 e. The highest BCUT2D eigenvalue weighted by Crippen LogP contribution is 2.32. The summed E-state index contributed by atoms with van der Waals surface area (Å²) in [4.78, 5) is 14.4. The first-order valence-corrected chi connectivity index (χ1v) is 8.04. The highest BCUT2D eigenvalue weighted by atomic mass is 19.1. The van der Waals surface area contributed by atoms with Gasteiger partial charge in [0, 0.05) is 31.1 Å². The van der Waals surface area contributed by atoms with Crippen LogP contribution in [0.2, 0.25) is 0 Å². The Hall–Kier alpha value is -1.38. The molecule has 2 nitrogen and oxygen atoms in total. The Morgan fingerprint density at radius 2 is 1.95 bits per heavy atom. The lowest BCUT2D eigenvalue weighted by atomic mass is 9.75. The van der Waals surface area contributed by atoms with Gasteiger partial charge in [0.25, 0.3) is 0 Å². The number of halogens is 1. The Bertz CT molecular complexity index is 469. The number of rotatable bonds is 5. The monoisotopic (exact) mass is 291 g/mol. The van der Waals surface area contributed by atoms with Crippen LogP contribution in [0, 0.1) is 23.6 Å². The SMILES string of the molecule is CCN(CC1CC(C(C)C)CCC1=O)c1ccc(F)cc1. The maximum atomic E-state index is 13.0. The van der Waals surface area contributed by atoms with Crippen LogP contribution in [0.25, 0.3) is 0 Å². The van der Waals surface area contributed by atoms with Gasteiger partial charge in [0.2, 0.25) is 0 Å². The molecule has 0 saturated heterocycles. The molecule has 0 radical (unpaired) electrons. The van der Waals surface area contributed by atoms with Crippen LogP contribution in [0.15, 0.2) is 24.3 Å². The minimum atomic E-state index is -0.219. The van der Waals surface area contributed by atoms with Gasteiger partial charge in [-0.2, -0.15) is 0 Å². The van der Waals surface area contributed by atoms with Crippen LogP contribution in [0.5, 0.6) is 0 Å². The van der Waals surface area contributed by atoms with Crippen molar-refractivity contribution in [3.63, 3.8) is 0 Å². The van der Waals surface area contributed by atoms with E-state index in [1.807, 2.05) is 0 Å². The molecule has 1 fully saturated rings. The van der Waals surface area contributed by atoms with Crippen LogP contribution in [-0.2, 0) is 4.79 Å². The lowest BCUT2D eigenvalue weighted by Crippen LogP contribution is -2.37. The van der Waals surface area contributed by atoms with Gasteiger partial charge in [-0.25, -0.2) is 4.39 Å². The van der Waals surface area contributed by atoms with E-state index in [9.17, 15) is 9.18 Å². The molecular formula is C18H26FNO. The first kappa shape index (κ1) is 16.0. The van der Waals surface area contributed by atoms with Gasteiger partial charge < -0.3 is 4.90 Å². The molecule has 0 bridgehead atoms. The van der Waals surface area contributed by atoms with Crippen LogP contribution < -0.4 is 4.90 Å². The van der Waals surface area contributed by atoms with Gasteiger partial charge in [-0.1, -0.05) is 13.8 Å². The largest absolute Gasteiger partial charge is 0.371 e. The standard InChI is InChI=1S/C18H26FNO/c1-4-20(17-8-6-16(19)7-9-17)12-15-11-14(13(2)3)5-10-18(15)21/h6-9,13-15H,4-5,10-12H2,1-3H3. The quantitative estimate of drug-likeness (QED) is 0.806. The molecule has 0 amide bonds. The number of hydrogen-bond acceptors (Lipinski definition) is 2. The van der Waals surface area contributed by atoms with E-state index in [-0.39, 0.29) is 11.7 Å². The average molecular weight is 291 g/mol. The summed E-state index contributed by atoms with van der Waals surface area (Å²) in [5.74, 6) is 1.59. The second-order valence-corrected chi connectivity index (χ2v) is 6.46. The van der Waals surface area contributed by atoms with Gasteiger partial charge in [0.15, 0.2) is 0 Å². The Morgan fingerprint density at radius 1 is 1.29 bits per heavy atom. The second-order valence-electron chi connectivity index (χ2n) is 6.46. The number of benzene rings is 1. The van der Waals surface area contributed by atoms with Crippen molar-refractivity contribution < 1.29 is 9.18 Å². The van der Waals surface area contributed by atoms with Gasteiger partial charge in [-0.3, -0.25) is 4.79 Å². The molecule has 1 aromatic carbocycles. The van der Waals surface area contributed by atoms with Crippen LogP contribution in [-0.4, -0.2) is 18.9 Å². The van der Waals surface area contributed by atoms with E-state index >= 15 is 0 Å². The molecule has 3 heteroatoms. The second kappa shape index (κ2) is 7.06. The van der Waals surface area contributed by atoms with E-state index in [4.69, 9.17) is 0 Å². The first-order chi connectivity index (χ1) is 10.0. The molecule has 1 aliphatic carbocycles. The highest BCUT2D eigenvalue weighted by Gasteiger charge is 2.31. The molecule has 116 valence electrons. The molecule has 0 aromatic heterocycles. The lowest BCUT2D eigenvalue weighted by molar-refractivity contribution is -0.125. The summed E-state index contributed by atoms with van der Waals surface area (Å²) < 4.78 is 13.0. The number of carbonyl (C=O) groups excluding carboxylic acids is 1.